The molecule has 1 atom stereocenters. The van der Waals surface area contributed by atoms with E-state index in [1.807, 2.05) is 0 Å². The van der Waals surface area contributed by atoms with Crippen molar-refractivity contribution in [3.63, 3.8) is 0 Å². The van der Waals surface area contributed by atoms with Crippen LogP contribution in [0.2, 0.25) is 0 Å². The van der Waals surface area contributed by atoms with Crippen LogP contribution in [0, 0.1) is 0 Å². The monoisotopic (exact) mass is 215 g/mol. The molecule has 0 heterocycles. The van der Waals surface area contributed by atoms with Crippen molar-refractivity contribution in [1.82, 2.24) is 5.32 Å². The highest BCUT2D eigenvalue weighted by Crippen LogP contribution is 2.00. The van der Waals surface area contributed by atoms with Gasteiger partial charge < -0.3 is 10.4 Å². The summed E-state index contributed by atoms with van der Waals surface area (Å²) in [7, 11) is 3.38. The van der Waals surface area contributed by atoms with Crippen molar-refractivity contribution >= 4 is 11.8 Å². The third-order valence-electron chi connectivity index (χ3n) is 2.00. The number of nitrogens with one attached hydrogen (secondary N) is 1. The van der Waals surface area contributed by atoms with Gasteiger partial charge in [-0.2, -0.15) is 0 Å². The summed E-state index contributed by atoms with van der Waals surface area (Å²) in [5, 5.41) is 11.6. The molecule has 0 aromatic rings. The Labute approximate surface area is 90.0 Å². The molecule has 0 aliphatic carbocycles. The summed E-state index contributed by atoms with van der Waals surface area (Å²) in [5.41, 5.74) is 0. The number of aliphatic hydroxyl groups excluding tert-OH is 1. The van der Waals surface area contributed by atoms with Crippen LogP contribution >= 0.6 is 0 Å². The lowest BCUT2D eigenvalue weighted by Gasteiger charge is -2.27. The van der Waals surface area contributed by atoms with Crippen LogP contribution in [-0.2, 0) is 9.59 Å². The van der Waals surface area contributed by atoms with Crippen LogP contribution in [0.3, 0.4) is 0 Å². The molecule has 0 bridgehead atoms. The van der Waals surface area contributed by atoms with Crippen LogP contribution in [0.5, 0.6) is 0 Å². The summed E-state index contributed by atoms with van der Waals surface area (Å²) in [6, 6.07) is 0. The lowest BCUT2D eigenvalue weighted by molar-refractivity contribution is -0.816. The summed E-state index contributed by atoms with van der Waals surface area (Å²) >= 11 is 0. The van der Waals surface area contributed by atoms with Crippen molar-refractivity contribution in [3.8, 4) is 0 Å². The van der Waals surface area contributed by atoms with E-state index in [9.17, 15) is 14.7 Å². The van der Waals surface area contributed by atoms with Gasteiger partial charge in [0.05, 0.1) is 14.1 Å². The zero-order valence-corrected chi connectivity index (χ0v) is 9.49. The van der Waals surface area contributed by atoms with E-state index in [0.717, 1.165) is 6.08 Å². The molecule has 0 aliphatic heterocycles. The second-order valence-corrected chi connectivity index (χ2v) is 4.03. The standard InChI is InChI=1S/C10H18N2O3/c1-5-9(14)11-6-10(15)12(3,4)7-8(2)13/h5,8,13H,1,6-7H2,2-4H3/p+1. The van der Waals surface area contributed by atoms with Gasteiger partial charge >= 0.3 is 5.91 Å². The Morgan fingerprint density at radius 3 is 2.47 bits per heavy atom. The van der Waals surface area contributed by atoms with E-state index >= 15 is 0 Å². The van der Waals surface area contributed by atoms with Crippen LogP contribution in [0.4, 0.5) is 0 Å². The molecular weight excluding hydrogens is 196 g/mol. The van der Waals surface area contributed by atoms with E-state index in [4.69, 9.17) is 0 Å². The molecule has 15 heavy (non-hydrogen) atoms. The molecule has 5 nitrogen and oxygen atoms in total. The van der Waals surface area contributed by atoms with Crippen molar-refractivity contribution in [1.29, 1.82) is 0 Å². The van der Waals surface area contributed by atoms with Crippen LogP contribution in [0.15, 0.2) is 12.7 Å². The Morgan fingerprint density at radius 1 is 1.53 bits per heavy atom. The number of likely N-dealkylation sites (N-methyl/N-ethyl adjacent to an activating group) is 1. The van der Waals surface area contributed by atoms with Crippen LogP contribution in [0.25, 0.3) is 0 Å². The van der Waals surface area contributed by atoms with E-state index < -0.39 is 6.10 Å². The Kier molecular flexibility index (Phi) is 5.18. The first-order chi connectivity index (χ1) is 6.79. The number of aliphatic hydroxyl groups is 1. The molecule has 2 N–H and O–H groups in total. The second kappa shape index (κ2) is 5.63. The van der Waals surface area contributed by atoms with Crippen LogP contribution in [0.1, 0.15) is 6.92 Å². The fourth-order valence-corrected chi connectivity index (χ4v) is 1.21. The Hall–Kier alpha value is -1.20. The summed E-state index contributed by atoms with van der Waals surface area (Å²) in [5.74, 6) is -0.536. The van der Waals surface area contributed by atoms with E-state index in [0.29, 0.717) is 6.54 Å². The van der Waals surface area contributed by atoms with Gasteiger partial charge in [0.1, 0.15) is 19.2 Å². The maximum absolute atomic E-state index is 11.6. The molecule has 86 valence electrons. The molecule has 0 fully saturated rings. The number of carbonyl (C=O) groups is 2. The largest absolute Gasteiger partial charge is 0.388 e. The zero-order valence-electron chi connectivity index (χ0n) is 9.49. The van der Waals surface area contributed by atoms with E-state index in [1.165, 1.54) is 0 Å². The quantitative estimate of drug-likeness (QED) is 0.469. The lowest BCUT2D eigenvalue weighted by atomic mass is 10.3. The van der Waals surface area contributed by atoms with Gasteiger partial charge in [0.2, 0.25) is 5.91 Å². The van der Waals surface area contributed by atoms with Crippen LogP contribution in [-0.4, -0.2) is 54.7 Å². The fourth-order valence-electron chi connectivity index (χ4n) is 1.21. The van der Waals surface area contributed by atoms with Gasteiger partial charge in [0, 0.05) is 0 Å². The SMILES string of the molecule is C=CC(=O)NCC(=O)[N+](C)(C)CC(C)O. The Bertz CT molecular complexity index is 259. The van der Waals surface area contributed by atoms with Gasteiger partial charge in [-0.15, -0.1) is 0 Å². The average molecular weight is 215 g/mol. The highest BCUT2D eigenvalue weighted by Gasteiger charge is 2.27. The third kappa shape index (κ3) is 5.29. The number of carbonyl (C=O) groups excluding carboxylic acids is 2. The number of rotatable bonds is 5. The minimum atomic E-state index is -0.556. The van der Waals surface area contributed by atoms with E-state index in [-0.39, 0.29) is 22.8 Å². The summed E-state index contributed by atoms with van der Waals surface area (Å²) in [6.45, 7) is 5.17. The van der Waals surface area contributed by atoms with Gasteiger partial charge in [0.15, 0.2) is 0 Å². The highest BCUT2D eigenvalue weighted by molar-refractivity contribution is 5.89. The molecule has 0 rings (SSSR count). The molecule has 1 unspecified atom stereocenters. The van der Waals surface area contributed by atoms with Gasteiger partial charge in [-0.3, -0.25) is 9.28 Å². The zero-order chi connectivity index (χ0) is 12.1. The van der Waals surface area contributed by atoms with Crippen molar-refractivity contribution in [2.75, 3.05) is 27.2 Å². The fraction of sp³-hybridized carbons (Fsp3) is 0.600. The van der Waals surface area contributed by atoms with Crippen molar-refractivity contribution in [2.45, 2.75) is 13.0 Å². The Balaban J connectivity index is 4.19. The number of hydrogen-bond donors (Lipinski definition) is 2. The number of hydrogen-bond acceptors (Lipinski definition) is 3. The molecule has 0 spiro atoms. The van der Waals surface area contributed by atoms with Gasteiger partial charge in [-0.25, -0.2) is 4.79 Å². The average Bonchev–Trinajstić information content (AvgIpc) is 2.11. The summed E-state index contributed by atoms with van der Waals surface area (Å²) < 4.78 is 0.0368. The predicted octanol–water partition coefficient (Wildman–Crippen LogP) is -0.728. The van der Waals surface area contributed by atoms with Gasteiger partial charge in [-0.1, -0.05) is 6.58 Å². The number of amides is 2. The van der Waals surface area contributed by atoms with Crippen molar-refractivity contribution in [3.05, 3.63) is 12.7 Å². The molecule has 0 aromatic carbocycles. The number of quaternary nitrogens is 1. The molecule has 5 heteroatoms. The summed E-state index contributed by atoms with van der Waals surface area (Å²) in [4.78, 5) is 22.5. The first kappa shape index (κ1) is 13.8. The van der Waals surface area contributed by atoms with Crippen molar-refractivity contribution in [2.24, 2.45) is 0 Å². The lowest BCUT2D eigenvalue weighted by Crippen LogP contribution is -2.53. The number of nitrogens with zero attached hydrogens (tertiary/aromatic N) is 1. The molecule has 2 amide bonds. The minimum absolute atomic E-state index is 0.0368. The van der Waals surface area contributed by atoms with Gasteiger partial charge in [0.25, 0.3) is 0 Å². The molecular formula is C10H19N2O3+. The maximum Gasteiger partial charge on any atom is 0.332 e. The normalized spacial score (nSPS) is 13.1. The Morgan fingerprint density at radius 2 is 2.07 bits per heavy atom. The second-order valence-electron chi connectivity index (χ2n) is 4.03. The molecule has 0 saturated heterocycles. The van der Waals surface area contributed by atoms with Gasteiger partial charge in [-0.05, 0) is 13.0 Å². The summed E-state index contributed by atoms with van der Waals surface area (Å²) in [6.07, 6.45) is 0.557. The third-order valence-corrected chi connectivity index (χ3v) is 2.00. The first-order valence-corrected chi connectivity index (χ1v) is 4.74. The predicted molar refractivity (Wildman–Crippen MR) is 56.9 cm³/mol. The molecule has 0 saturated carbocycles. The minimum Gasteiger partial charge on any atom is -0.388 e. The molecule has 0 aromatic heterocycles. The molecule has 0 radical (unpaired) electrons. The molecule has 0 aliphatic rings. The van der Waals surface area contributed by atoms with E-state index in [1.54, 1.807) is 21.0 Å². The highest BCUT2D eigenvalue weighted by atomic mass is 16.3. The van der Waals surface area contributed by atoms with Crippen molar-refractivity contribution < 1.29 is 19.2 Å². The first-order valence-electron chi connectivity index (χ1n) is 4.74. The maximum atomic E-state index is 11.6. The topological polar surface area (TPSA) is 66.4 Å². The smallest absolute Gasteiger partial charge is 0.332 e. The van der Waals surface area contributed by atoms with E-state index in [2.05, 4.69) is 11.9 Å². The van der Waals surface area contributed by atoms with Crippen LogP contribution < -0.4 is 5.32 Å².